The molecule has 0 unspecified atom stereocenters. The molecule has 43 heavy (non-hydrogen) atoms. The number of amides is 2. The van der Waals surface area contributed by atoms with Gasteiger partial charge in [0, 0.05) is 40.5 Å². The first kappa shape index (κ1) is 32.3. The van der Waals surface area contributed by atoms with Crippen LogP contribution in [0.3, 0.4) is 0 Å². The quantitative estimate of drug-likeness (QED) is 0.170. The number of nitrogens with one attached hydrogen (secondary N) is 1. The lowest BCUT2D eigenvalue weighted by Crippen LogP contribution is -2.53. The first-order valence-corrected chi connectivity index (χ1v) is 16.7. The third kappa shape index (κ3) is 8.28. The number of unbranched alkanes of at least 4 members (excludes halogenated alkanes) is 1. The van der Waals surface area contributed by atoms with Crippen LogP contribution in [-0.4, -0.2) is 50.5 Å². The summed E-state index contributed by atoms with van der Waals surface area (Å²) in [5.41, 5.74) is 1.68. The molecule has 0 heterocycles. The van der Waals surface area contributed by atoms with E-state index >= 15 is 0 Å². The van der Waals surface area contributed by atoms with Gasteiger partial charge in [-0.2, -0.15) is 0 Å². The number of hydrogen-bond acceptors (Lipinski definition) is 4. The second-order valence-corrected chi connectivity index (χ2v) is 13.1. The Hall–Kier alpha value is -3.59. The maximum Gasteiger partial charge on any atom is 0.244 e. The summed E-state index contributed by atoms with van der Waals surface area (Å²) in [5.74, 6) is -0.911. The highest BCUT2D eigenvalue weighted by Gasteiger charge is 2.34. The van der Waals surface area contributed by atoms with Crippen molar-refractivity contribution in [1.82, 2.24) is 10.2 Å². The summed E-state index contributed by atoms with van der Waals surface area (Å²) in [4.78, 5) is 29.5. The van der Waals surface area contributed by atoms with Crippen molar-refractivity contribution in [2.24, 2.45) is 0 Å². The van der Waals surface area contributed by atoms with Gasteiger partial charge < -0.3 is 10.2 Å². The molecule has 1 N–H and O–H groups in total. The first-order chi connectivity index (χ1) is 20.6. The Labute approximate surface area is 263 Å². The zero-order valence-corrected chi connectivity index (χ0v) is 26.5. The zero-order valence-electron chi connectivity index (χ0n) is 24.2. The summed E-state index contributed by atoms with van der Waals surface area (Å²) in [6.07, 6.45) is 2.93. The molecular formula is C33H35Cl2N3O4S. The van der Waals surface area contributed by atoms with Crippen molar-refractivity contribution in [3.8, 4) is 0 Å². The fourth-order valence-corrected chi connectivity index (χ4v) is 6.31. The van der Waals surface area contributed by atoms with Crippen molar-refractivity contribution in [2.75, 3.05) is 23.7 Å². The number of fused-ring (bicyclic) bond motifs is 1. The monoisotopic (exact) mass is 639 g/mol. The van der Waals surface area contributed by atoms with E-state index in [1.807, 2.05) is 67.6 Å². The molecule has 0 saturated heterocycles. The van der Waals surface area contributed by atoms with Crippen molar-refractivity contribution < 1.29 is 18.0 Å². The van der Waals surface area contributed by atoms with Gasteiger partial charge in [-0.25, -0.2) is 8.42 Å². The maximum atomic E-state index is 14.4. The average molecular weight is 641 g/mol. The van der Waals surface area contributed by atoms with Crippen LogP contribution in [0.5, 0.6) is 0 Å². The van der Waals surface area contributed by atoms with Crippen LogP contribution in [0.25, 0.3) is 10.8 Å². The van der Waals surface area contributed by atoms with Crippen LogP contribution in [0.2, 0.25) is 10.0 Å². The van der Waals surface area contributed by atoms with Gasteiger partial charge in [0.2, 0.25) is 21.8 Å². The van der Waals surface area contributed by atoms with Crippen molar-refractivity contribution in [2.45, 2.75) is 38.8 Å². The van der Waals surface area contributed by atoms with E-state index in [-0.39, 0.29) is 18.9 Å². The SMILES string of the molecule is CCCCNC(=O)[C@@H](Cc1ccccc1)N(Cc1c(Cl)cccc1Cl)C(=O)CN(c1cccc2ccccc12)S(C)(=O)=O. The van der Waals surface area contributed by atoms with Gasteiger partial charge in [-0.15, -0.1) is 0 Å². The number of anilines is 1. The number of nitrogens with zero attached hydrogens (tertiary/aromatic N) is 2. The Morgan fingerprint density at radius 2 is 1.49 bits per heavy atom. The Bertz CT molecular complexity index is 1660. The highest BCUT2D eigenvalue weighted by Crippen LogP contribution is 2.30. The summed E-state index contributed by atoms with van der Waals surface area (Å²) in [6, 6.07) is 26.1. The Morgan fingerprint density at radius 3 is 2.16 bits per heavy atom. The van der Waals surface area contributed by atoms with Gasteiger partial charge >= 0.3 is 0 Å². The van der Waals surface area contributed by atoms with Crippen molar-refractivity contribution in [3.63, 3.8) is 0 Å². The number of carbonyl (C=O) groups is 2. The minimum atomic E-state index is -3.92. The molecule has 226 valence electrons. The van der Waals surface area contributed by atoms with Gasteiger partial charge in [0.25, 0.3) is 0 Å². The Morgan fingerprint density at radius 1 is 0.860 bits per heavy atom. The standard InChI is InChI=1S/C33H35Cl2N3O4S/c1-3-4-20-36-33(40)31(21-24-12-6-5-7-13-24)37(22-27-28(34)17-11-18-29(27)35)32(39)23-38(43(2,41)42)30-19-10-15-25-14-8-9-16-26(25)30/h5-19,31H,3-4,20-23H2,1-2H3,(H,36,40)/t31-/m1/s1. The number of sulfonamides is 1. The lowest BCUT2D eigenvalue weighted by molar-refractivity contribution is -0.140. The highest BCUT2D eigenvalue weighted by molar-refractivity contribution is 7.92. The molecule has 0 radical (unpaired) electrons. The number of halogens is 2. The zero-order chi connectivity index (χ0) is 31.0. The van der Waals surface area contributed by atoms with Crippen LogP contribution in [0.15, 0.2) is 91.0 Å². The van der Waals surface area contributed by atoms with Crippen LogP contribution < -0.4 is 9.62 Å². The minimum Gasteiger partial charge on any atom is -0.354 e. The molecule has 7 nitrogen and oxygen atoms in total. The third-order valence-electron chi connectivity index (χ3n) is 7.21. The molecule has 0 aromatic heterocycles. The number of hydrogen-bond donors (Lipinski definition) is 1. The van der Waals surface area contributed by atoms with E-state index in [0.29, 0.717) is 33.2 Å². The van der Waals surface area contributed by atoms with Gasteiger partial charge in [0.1, 0.15) is 12.6 Å². The minimum absolute atomic E-state index is 0.0941. The Kier molecular flexibility index (Phi) is 11.1. The summed E-state index contributed by atoms with van der Waals surface area (Å²) >= 11 is 13.1. The first-order valence-electron chi connectivity index (χ1n) is 14.1. The molecule has 0 saturated carbocycles. The summed E-state index contributed by atoms with van der Waals surface area (Å²) in [7, 11) is -3.92. The van der Waals surface area contributed by atoms with Crippen LogP contribution in [0.1, 0.15) is 30.9 Å². The fraction of sp³-hybridized carbons (Fsp3) is 0.273. The topological polar surface area (TPSA) is 86.8 Å². The van der Waals surface area contributed by atoms with Crippen LogP contribution in [0.4, 0.5) is 5.69 Å². The molecule has 10 heteroatoms. The highest BCUT2D eigenvalue weighted by atomic mass is 35.5. The van der Waals surface area contributed by atoms with E-state index < -0.39 is 28.5 Å². The van der Waals surface area contributed by atoms with Crippen molar-refractivity contribution in [1.29, 1.82) is 0 Å². The molecule has 0 aliphatic heterocycles. The third-order valence-corrected chi connectivity index (χ3v) is 9.04. The average Bonchev–Trinajstić information content (AvgIpc) is 2.98. The number of carbonyl (C=O) groups excluding carboxylic acids is 2. The normalized spacial score (nSPS) is 12.1. The van der Waals surface area contributed by atoms with Gasteiger partial charge in [-0.05, 0) is 35.6 Å². The van der Waals surface area contributed by atoms with Gasteiger partial charge in [-0.3, -0.25) is 13.9 Å². The van der Waals surface area contributed by atoms with E-state index in [0.717, 1.165) is 34.4 Å². The van der Waals surface area contributed by atoms with Crippen LogP contribution in [-0.2, 0) is 32.6 Å². The molecular weight excluding hydrogens is 605 g/mol. The van der Waals surface area contributed by atoms with Gasteiger partial charge in [0.05, 0.1) is 11.9 Å². The smallest absolute Gasteiger partial charge is 0.244 e. The summed E-state index contributed by atoms with van der Waals surface area (Å²) in [5, 5.41) is 5.15. The molecule has 0 aliphatic rings. The lowest BCUT2D eigenvalue weighted by atomic mass is 10.0. The van der Waals surface area contributed by atoms with E-state index in [1.165, 1.54) is 4.90 Å². The molecule has 2 amide bonds. The molecule has 0 fully saturated rings. The largest absolute Gasteiger partial charge is 0.354 e. The molecule has 0 spiro atoms. The predicted octanol–water partition coefficient (Wildman–Crippen LogP) is 6.47. The molecule has 0 bridgehead atoms. The van der Waals surface area contributed by atoms with E-state index in [1.54, 1.807) is 30.3 Å². The molecule has 1 atom stereocenters. The second-order valence-electron chi connectivity index (χ2n) is 10.3. The number of rotatable bonds is 13. The molecule has 0 aliphatic carbocycles. The second kappa shape index (κ2) is 14.7. The van der Waals surface area contributed by atoms with Crippen molar-refractivity contribution >= 4 is 61.5 Å². The van der Waals surface area contributed by atoms with E-state index in [9.17, 15) is 18.0 Å². The summed E-state index contributed by atoms with van der Waals surface area (Å²) in [6.45, 7) is 1.85. The van der Waals surface area contributed by atoms with E-state index in [2.05, 4.69) is 5.32 Å². The van der Waals surface area contributed by atoms with Gasteiger partial charge in [0.15, 0.2) is 0 Å². The molecule has 4 aromatic carbocycles. The van der Waals surface area contributed by atoms with Crippen LogP contribution in [0, 0.1) is 0 Å². The summed E-state index contributed by atoms with van der Waals surface area (Å²) < 4.78 is 27.5. The van der Waals surface area contributed by atoms with E-state index in [4.69, 9.17) is 23.2 Å². The predicted molar refractivity (Wildman–Crippen MR) is 175 cm³/mol. The lowest BCUT2D eigenvalue weighted by Gasteiger charge is -2.34. The van der Waals surface area contributed by atoms with Crippen molar-refractivity contribution in [3.05, 3.63) is 112 Å². The van der Waals surface area contributed by atoms with Gasteiger partial charge in [-0.1, -0.05) is 109 Å². The fourth-order valence-electron chi connectivity index (χ4n) is 4.93. The molecule has 4 rings (SSSR count). The maximum absolute atomic E-state index is 14.4. The number of benzene rings is 4. The van der Waals surface area contributed by atoms with Crippen LogP contribution >= 0.6 is 23.2 Å². The Balaban J connectivity index is 1.80. The molecule has 4 aromatic rings.